The number of hydrazine groups is 1. The van der Waals surface area contributed by atoms with Gasteiger partial charge >= 0.3 is 0 Å². The molecule has 0 saturated carbocycles. The molecule has 0 saturated heterocycles. The molecule has 0 bridgehead atoms. The van der Waals surface area contributed by atoms with E-state index < -0.39 is 0 Å². The first-order valence-corrected chi connectivity index (χ1v) is 7.37. The summed E-state index contributed by atoms with van der Waals surface area (Å²) in [7, 11) is 0. The van der Waals surface area contributed by atoms with Crippen molar-refractivity contribution in [2.24, 2.45) is 11.8 Å². The highest BCUT2D eigenvalue weighted by Gasteiger charge is 2.07. The van der Waals surface area contributed by atoms with E-state index >= 15 is 0 Å². The molecule has 0 aliphatic rings. The van der Waals surface area contributed by atoms with Crippen LogP contribution in [0.5, 0.6) is 0 Å². The second kappa shape index (κ2) is 6.68. The van der Waals surface area contributed by atoms with Crippen LogP contribution < -0.4 is 11.3 Å². The SMILES string of the molecule is Cc1ccc(Cc2nc(CC(C)C)cc(NN)n2)cc1C. The molecule has 0 fully saturated rings. The summed E-state index contributed by atoms with van der Waals surface area (Å²) < 4.78 is 0. The summed E-state index contributed by atoms with van der Waals surface area (Å²) in [4.78, 5) is 9.12. The van der Waals surface area contributed by atoms with E-state index in [-0.39, 0.29) is 0 Å². The highest BCUT2D eigenvalue weighted by Crippen LogP contribution is 2.15. The molecule has 3 N–H and O–H groups in total. The Morgan fingerprint density at radius 2 is 1.86 bits per heavy atom. The van der Waals surface area contributed by atoms with E-state index in [4.69, 9.17) is 5.84 Å². The van der Waals surface area contributed by atoms with Gasteiger partial charge < -0.3 is 5.43 Å². The van der Waals surface area contributed by atoms with Crippen LogP contribution in [0.2, 0.25) is 0 Å². The normalized spacial score (nSPS) is 11.0. The molecule has 4 nitrogen and oxygen atoms in total. The molecule has 0 unspecified atom stereocenters. The van der Waals surface area contributed by atoms with E-state index in [0.29, 0.717) is 11.7 Å². The van der Waals surface area contributed by atoms with Crippen molar-refractivity contribution in [1.29, 1.82) is 0 Å². The smallest absolute Gasteiger partial charge is 0.143 e. The van der Waals surface area contributed by atoms with Crippen molar-refractivity contribution in [3.8, 4) is 0 Å². The van der Waals surface area contributed by atoms with Crippen LogP contribution in [0.25, 0.3) is 0 Å². The molecular formula is C17H24N4. The fraction of sp³-hybridized carbons (Fsp3) is 0.412. The molecule has 2 aromatic rings. The predicted molar refractivity (Wildman–Crippen MR) is 87.1 cm³/mol. The Morgan fingerprint density at radius 1 is 1.10 bits per heavy atom. The van der Waals surface area contributed by atoms with Crippen molar-refractivity contribution in [3.63, 3.8) is 0 Å². The van der Waals surface area contributed by atoms with Crippen LogP contribution in [-0.4, -0.2) is 9.97 Å². The van der Waals surface area contributed by atoms with Crippen LogP contribution >= 0.6 is 0 Å². The van der Waals surface area contributed by atoms with Crippen molar-refractivity contribution in [2.75, 3.05) is 5.43 Å². The summed E-state index contributed by atoms with van der Waals surface area (Å²) in [5.41, 5.74) is 7.49. The first-order valence-electron chi connectivity index (χ1n) is 7.37. The van der Waals surface area contributed by atoms with Gasteiger partial charge in [0.2, 0.25) is 0 Å². The van der Waals surface area contributed by atoms with Crippen LogP contribution in [0.1, 0.15) is 42.1 Å². The van der Waals surface area contributed by atoms with E-state index in [1.165, 1.54) is 16.7 Å². The Morgan fingerprint density at radius 3 is 2.48 bits per heavy atom. The number of benzene rings is 1. The first-order chi connectivity index (χ1) is 9.97. The van der Waals surface area contributed by atoms with Gasteiger partial charge in [-0.25, -0.2) is 15.8 Å². The number of anilines is 1. The molecule has 1 aromatic heterocycles. The number of aromatic nitrogens is 2. The molecule has 0 amide bonds. The minimum absolute atomic E-state index is 0.556. The molecule has 1 aromatic carbocycles. The van der Waals surface area contributed by atoms with Gasteiger partial charge in [0, 0.05) is 18.2 Å². The van der Waals surface area contributed by atoms with E-state index in [9.17, 15) is 0 Å². The lowest BCUT2D eigenvalue weighted by Gasteiger charge is -2.10. The van der Waals surface area contributed by atoms with E-state index in [1.54, 1.807) is 0 Å². The fourth-order valence-corrected chi connectivity index (χ4v) is 2.32. The molecule has 0 radical (unpaired) electrons. The van der Waals surface area contributed by atoms with Gasteiger partial charge in [0.15, 0.2) is 0 Å². The van der Waals surface area contributed by atoms with Gasteiger partial charge in [-0.15, -0.1) is 0 Å². The number of aryl methyl sites for hydroxylation is 2. The largest absolute Gasteiger partial charge is 0.308 e. The molecule has 0 aliphatic carbocycles. The van der Waals surface area contributed by atoms with Gasteiger partial charge in [0.1, 0.15) is 11.6 Å². The molecule has 0 spiro atoms. The molecule has 4 heteroatoms. The lowest BCUT2D eigenvalue weighted by atomic mass is 10.0. The van der Waals surface area contributed by atoms with E-state index in [0.717, 1.165) is 24.4 Å². The number of rotatable bonds is 5. The zero-order valence-electron chi connectivity index (χ0n) is 13.3. The fourth-order valence-electron chi connectivity index (χ4n) is 2.32. The third kappa shape index (κ3) is 4.26. The van der Waals surface area contributed by atoms with Crippen molar-refractivity contribution in [1.82, 2.24) is 9.97 Å². The topological polar surface area (TPSA) is 63.8 Å². The Balaban J connectivity index is 2.27. The minimum Gasteiger partial charge on any atom is -0.308 e. The zero-order chi connectivity index (χ0) is 15.4. The summed E-state index contributed by atoms with van der Waals surface area (Å²) in [6.45, 7) is 8.61. The molecule has 2 rings (SSSR count). The van der Waals surface area contributed by atoms with Gasteiger partial charge in [-0.05, 0) is 42.9 Å². The van der Waals surface area contributed by atoms with Crippen molar-refractivity contribution >= 4 is 5.82 Å². The number of nitrogen functional groups attached to an aromatic ring is 1. The highest BCUT2D eigenvalue weighted by atomic mass is 15.3. The quantitative estimate of drug-likeness (QED) is 0.654. The third-order valence-electron chi connectivity index (χ3n) is 3.52. The van der Waals surface area contributed by atoms with Gasteiger partial charge in [0.25, 0.3) is 0 Å². The molecule has 1 heterocycles. The molecule has 0 aliphatic heterocycles. The molecular weight excluding hydrogens is 260 g/mol. The van der Waals surface area contributed by atoms with E-state index in [2.05, 4.69) is 61.3 Å². The van der Waals surface area contributed by atoms with E-state index in [1.807, 2.05) is 6.07 Å². The maximum atomic E-state index is 5.52. The Kier molecular flexibility index (Phi) is 4.91. The molecule has 112 valence electrons. The summed E-state index contributed by atoms with van der Waals surface area (Å²) in [5.74, 6) is 7.56. The van der Waals surface area contributed by atoms with Gasteiger partial charge in [0.05, 0.1) is 0 Å². The number of nitrogens with two attached hydrogens (primary N) is 1. The Hall–Kier alpha value is -1.94. The van der Waals surface area contributed by atoms with Gasteiger partial charge in [-0.1, -0.05) is 32.0 Å². The number of hydrogen-bond donors (Lipinski definition) is 2. The Labute approximate surface area is 126 Å². The number of nitrogens with zero attached hydrogens (tertiary/aromatic N) is 2. The second-order valence-corrected chi connectivity index (χ2v) is 6.00. The maximum absolute atomic E-state index is 5.52. The van der Waals surface area contributed by atoms with Crippen molar-refractivity contribution in [2.45, 2.75) is 40.5 Å². The minimum atomic E-state index is 0.556. The van der Waals surface area contributed by atoms with Crippen LogP contribution in [0.4, 0.5) is 5.82 Å². The molecule has 21 heavy (non-hydrogen) atoms. The van der Waals surface area contributed by atoms with Gasteiger partial charge in [-0.2, -0.15) is 0 Å². The van der Waals surface area contributed by atoms with Crippen LogP contribution in [0, 0.1) is 19.8 Å². The summed E-state index contributed by atoms with van der Waals surface area (Å²) >= 11 is 0. The zero-order valence-corrected chi connectivity index (χ0v) is 13.3. The third-order valence-corrected chi connectivity index (χ3v) is 3.52. The number of nitrogens with one attached hydrogen (secondary N) is 1. The Bertz CT molecular complexity index is 620. The second-order valence-electron chi connectivity index (χ2n) is 6.00. The number of hydrogen-bond acceptors (Lipinski definition) is 4. The predicted octanol–water partition coefficient (Wildman–Crippen LogP) is 3.17. The molecule has 0 atom stereocenters. The standard InChI is InChI=1S/C17H24N4/c1-11(2)7-15-10-17(21-18)20-16(19-15)9-14-6-5-12(3)13(4)8-14/h5-6,8,10-11H,7,9,18H2,1-4H3,(H,19,20,21). The van der Waals surface area contributed by atoms with Crippen molar-refractivity contribution < 1.29 is 0 Å². The van der Waals surface area contributed by atoms with Crippen LogP contribution in [-0.2, 0) is 12.8 Å². The monoisotopic (exact) mass is 284 g/mol. The van der Waals surface area contributed by atoms with Gasteiger partial charge in [-0.3, -0.25) is 0 Å². The lowest BCUT2D eigenvalue weighted by molar-refractivity contribution is 0.631. The first kappa shape index (κ1) is 15.4. The summed E-state index contributed by atoms with van der Waals surface area (Å²) in [6, 6.07) is 8.40. The average Bonchev–Trinajstić information content (AvgIpc) is 2.42. The average molecular weight is 284 g/mol. The van der Waals surface area contributed by atoms with Crippen LogP contribution in [0.3, 0.4) is 0 Å². The summed E-state index contributed by atoms with van der Waals surface area (Å²) in [6.07, 6.45) is 1.65. The maximum Gasteiger partial charge on any atom is 0.143 e. The summed E-state index contributed by atoms with van der Waals surface area (Å²) in [5, 5.41) is 0. The van der Waals surface area contributed by atoms with Crippen LogP contribution in [0.15, 0.2) is 24.3 Å². The lowest BCUT2D eigenvalue weighted by Crippen LogP contribution is -2.12. The highest BCUT2D eigenvalue weighted by molar-refractivity contribution is 5.36. The van der Waals surface area contributed by atoms with Crippen molar-refractivity contribution in [3.05, 3.63) is 52.5 Å².